The largest absolute Gasteiger partial charge is 0.399 e. The number of hydrogen-bond donors (Lipinski definition) is 2. The molecule has 24 heavy (non-hydrogen) atoms. The van der Waals surface area contributed by atoms with Crippen LogP contribution in [0.5, 0.6) is 0 Å². The zero-order chi connectivity index (χ0) is 16.5. The van der Waals surface area contributed by atoms with Crippen LogP contribution < -0.4 is 11.1 Å². The van der Waals surface area contributed by atoms with Gasteiger partial charge in [0.25, 0.3) is 0 Å². The molecule has 118 valence electrons. The van der Waals surface area contributed by atoms with Gasteiger partial charge in [0.05, 0.1) is 18.1 Å². The maximum atomic E-state index is 12.9. The minimum Gasteiger partial charge on any atom is -0.399 e. The molecule has 0 radical (unpaired) electrons. The first-order chi connectivity index (χ1) is 11.7. The molecule has 8 heteroatoms. The monoisotopic (exact) mass is 321 g/mol. The van der Waals surface area contributed by atoms with E-state index in [0.29, 0.717) is 17.2 Å². The molecule has 0 atom stereocenters. The van der Waals surface area contributed by atoms with E-state index in [0.717, 1.165) is 23.7 Å². The molecule has 0 aliphatic carbocycles. The first kappa shape index (κ1) is 14.1. The number of halogens is 1. The van der Waals surface area contributed by atoms with Crippen molar-refractivity contribution in [1.29, 1.82) is 0 Å². The fourth-order valence-corrected chi connectivity index (χ4v) is 2.33. The van der Waals surface area contributed by atoms with Crippen LogP contribution in [0.4, 0.5) is 21.8 Å². The minimum absolute atomic E-state index is 0.241. The molecule has 4 aromatic rings. The van der Waals surface area contributed by atoms with Gasteiger partial charge in [0.15, 0.2) is 17.3 Å². The highest BCUT2D eigenvalue weighted by Crippen LogP contribution is 2.24. The summed E-state index contributed by atoms with van der Waals surface area (Å²) in [6.45, 7) is 0. The molecule has 3 aromatic heterocycles. The third-order valence-electron chi connectivity index (χ3n) is 3.41. The summed E-state index contributed by atoms with van der Waals surface area (Å²) >= 11 is 0. The van der Waals surface area contributed by atoms with Gasteiger partial charge in [-0.2, -0.15) is 0 Å². The number of benzene rings is 1. The Hall–Kier alpha value is -3.55. The van der Waals surface area contributed by atoms with E-state index in [1.54, 1.807) is 12.4 Å². The number of nitrogen functional groups attached to an aromatic ring is 1. The Morgan fingerprint density at radius 1 is 1.12 bits per heavy atom. The van der Waals surface area contributed by atoms with Crippen LogP contribution in [0.2, 0.25) is 0 Å². The van der Waals surface area contributed by atoms with E-state index < -0.39 is 5.82 Å². The molecule has 0 bridgehead atoms. The molecule has 1 aromatic carbocycles. The molecule has 0 unspecified atom stereocenters. The predicted octanol–water partition coefficient (Wildman–Crippen LogP) is 2.65. The number of imidazole rings is 1. The van der Waals surface area contributed by atoms with Crippen LogP contribution in [0, 0.1) is 5.82 Å². The average Bonchev–Trinajstić information content (AvgIpc) is 3.02. The summed E-state index contributed by atoms with van der Waals surface area (Å²) in [5.74, 6) is 0.209. The second-order valence-electron chi connectivity index (χ2n) is 5.11. The number of anilines is 3. The maximum absolute atomic E-state index is 12.9. The van der Waals surface area contributed by atoms with Crippen molar-refractivity contribution >= 4 is 23.1 Å². The molecule has 0 saturated heterocycles. The molecule has 0 amide bonds. The Balaban J connectivity index is 1.76. The topological polar surface area (TPSA) is 94.0 Å². The van der Waals surface area contributed by atoms with Crippen LogP contribution in [-0.4, -0.2) is 24.3 Å². The van der Waals surface area contributed by atoms with Crippen molar-refractivity contribution in [2.45, 2.75) is 0 Å². The van der Waals surface area contributed by atoms with Crippen LogP contribution in [0.3, 0.4) is 0 Å². The zero-order valence-corrected chi connectivity index (χ0v) is 12.4. The fourth-order valence-electron chi connectivity index (χ4n) is 2.33. The zero-order valence-electron chi connectivity index (χ0n) is 12.4. The van der Waals surface area contributed by atoms with Crippen molar-refractivity contribution < 1.29 is 4.39 Å². The van der Waals surface area contributed by atoms with Gasteiger partial charge in [-0.25, -0.2) is 24.3 Å². The molecule has 0 saturated carbocycles. The lowest BCUT2D eigenvalue weighted by Crippen LogP contribution is -2.01. The van der Waals surface area contributed by atoms with Gasteiger partial charge in [-0.15, -0.1) is 0 Å². The number of rotatable bonds is 3. The van der Waals surface area contributed by atoms with E-state index in [1.807, 2.05) is 34.9 Å². The van der Waals surface area contributed by atoms with Crippen molar-refractivity contribution in [2.75, 3.05) is 11.1 Å². The van der Waals surface area contributed by atoms with E-state index >= 15 is 0 Å². The van der Waals surface area contributed by atoms with Crippen molar-refractivity contribution in [2.24, 2.45) is 0 Å². The third-order valence-corrected chi connectivity index (χ3v) is 3.41. The smallest absolute Gasteiger partial charge is 0.228 e. The lowest BCUT2D eigenvalue weighted by molar-refractivity contribution is 0.614. The van der Waals surface area contributed by atoms with Crippen molar-refractivity contribution in [3.8, 4) is 11.3 Å². The molecular weight excluding hydrogens is 309 g/mol. The van der Waals surface area contributed by atoms with Gasteiger partial charge in [0.1, 0.15) is 0 Å². The molecule has 7 nitrogen and oxygen atoms in total. The molecular formula is C16H12FN7. The van der Waals surface area contributed by atoms with E-state index in [-0.39, 0.29) is 5.95 Å². The normalized spacial score (nSPS) is 10.9. The quantitative estimate of drug-likeness (QED) is 0.563. The number of nitrogens with one attached hydrogen (secondary N) is 1. The Bertz CT molecular complexity index is 1010. The second kappa shape index (κ2) is 5.58. The Morgan fingerprint density at radius 2 is 1.96 bits per heavy atom. The fraction of sp³-hybridized carbons (Fsp3) is 0. The van der Waals surface area contributed by atoms with Gasteiger partial charge >= 0.3 is 0 Å². The van der Waals surface area contributed by atoms with Crippen molar-refractivity contribution in [3.63, 3.8) is 0 Å². The van der Waals surface area contributed by atoms with E-state index in [2.05, 4.69) is 25.3 Å². The summed E-state index contributed by atoms with van der Waals surface area (Å²) < 4.78 is 14.7. The molecule has 0 spiro atoms. The summed E-state index contributed by atoms with van der Waals surface area (Å²) in [7, 11) is 0. The molecule has 0 aliphatic rings. The predicted molar refractivity (Wildman–Crippen MR) is 88.1 cm³/mol. The van der Waals surface area contributed by atoms with Crippen LogP contribution in [0.1, 0.15) is 0 Å². The molecule has 0 fully saturated rings. The van der Waals surface area contributed by atoms with Gasteiger partial charge < -0.3 is 15.5 Å². The van der Waals surface area contributed by atoms with Gasteiger partial charge in [-0.3, -0.25) is 0 Å². The van der Waals surface area contributed by atoms with E-state index in [1.165, 1.54) is 0 Å². The van der Waals surface area contributed by atoms with Gasteiger partial charge in [-0.05, 0) is 12.1 Å². The lowest BCUT2D eigenvalue weighted by Gasteiger charge is -2.04. The van der Waals surface area contributed by atoms with E-state index in [4.69, 9.17) is 5.73 Å². The summed E-state index contributed by atoms with van der Waals surface area (Å²) in [5, 5.41) is 2.94. The molecule has 3 heterocycles. The number of fused-ring (bicyclic) bond motifs is 1. The van der Waals surface area contributed by atoms with Crippen LogP contribution in [-0.2, 0) is 0 Å². The van der Waals surface area contributed by atoms with Crippen LogP contribution in [0.15, 0.2) is 55.2 Å². The summed E-state index contributed by atoms with van der Waals surface area (Å²) in [6.07, 6.45) is 7.46. The Kier molecular flexibility index (Phi) is 3.27. The summed E-state index contributed by atoms with van der Waals surface area (Å²) in [4.78, 5) is 16.6. The Labute approximate surface area is 136 Å². The number of nitrogens with two attached hydrogens (primary N) is 1. The highest BCUT2D eigenvalue weighted by Gasteiger charge is 2.10. The highest BCUT2D eigenvalue weighted by atomic mass is 19.1. The van der Waals surface area contributed by atoms with Gasteiger partial charge in [0.2, 0.25) is 5.95 Å². The van der Waals surface area contributed by atoms with Gasteiger partial charge in [0, 0.05) is 29.8 Å². The first-order valence-electron chi connectivity index (χ1n) is 7.13. The average molecular weight is 321 g/mol. The second-order valence-corrected chi connectivity index (χ2v) is 5.11. The first-order valence-corrected chi connectivity index (χ1v) is 7.13. The lowest BCUT2D eigenvalue weighted by atomic mass is 10.1. The van der Waals surface area contributed by atoms with Crippen LogP contribution >= 0.6 is 0 Å². The van der Waals surface area contributed by atoms with Gasteiger partial charge in [-0.1, -0.05) is 12.1 Å². The molecule has 0 aliphatic heterocycles. The number of nitrogens with zero attached hydrogens (tertiary/aromatic N) is 5. The molecule has 3 N–H and O–H groups in total. The standard InChI is InChI=1S/C16H12FN7/c17-11-7-20-16(21-8-11)23-14-15-22-13(9-24(15)5-4-19-14)10-2-1-3-12(18)6-10/h1-9H,18H2,(H,19,20,21,23). The Morgan fingerprint density at radius 3 is 2.75 bits per heavy atom. The summed E-state index contributed by atoms with van der Waals surface area (Å²) in [6, 6.07) is 7.48. The van der Waals surface area contributed by atoms with E-state index in [9.17, 15) is 4.39 Å². The van der Waals surface area contributed by atoms with Crippen LogP contribution in [0.25, 0.3) is 16.9 Å². The summed E-state index contributed by atoms with van der Waals surface area (Å²) in [5.41, 5.74) is 8.76. The van der Waals surface area contributed by atoms with Crippen molar-refractivity contribution in [1.82, 2.24) is 24.3 Å². The maximum Gasteiger partial charge on any atom is 0.228 e. The highest BCUT2D eigenvalue weighted by molar-refractivity contribution is 5.73. The minimum atomic E-state index is -0.503. The SMILES string of the molecule is Nc1cccc(-c2cn3ccnc(Nc4ncc(F)cn4)c3n2)c1. The van der Waals surface area contributed by atoms with Crippen molar-refractivity contribution in [3.05, 3.63) is 61.1 Å². The third kappa shape index (κ3) is 2.60. The number of aromatic nitrogens is 5. The molecule has 4 rings (SSSR count). The number of hydrogen-bond acceptors (Lipinski definition) is 6.